The van der Waals surface area contributed by atoms with Gasteiger partial charge in [0, 0.05) is 30.9 Å². The van der Waals surface area contributed by atoms with Crippen molar-refractivity contribution in [2.75, 3.05) is 0 Å². The zero-order chi connectivity index (χ0) is 18.6. The van der Waals surface area contributed by atoms with Gasteiger partial charge in [0.1, 0.15) is 5.75 Å². The van der Waals surface area contributed by atoms with E-state index in [4.69, 9.17) is 9.84 Å². The largest absolute Gasteiger partial charge is 0.512 e. The topological polar surface area (TPSA) is 45.1 Å². The first-order chi connectivity index (χ1) is 13.0. The fourth-order valence-corrected chi connectivity index (χ4v) is 4.81. The first kappa shape index (κ1) is 16.4. The quantitative estimate of drug-likeness (QED) is 0.761. The molecule has 2 aromatic rings. The van der Waals surface area contributed by atoms with Crippen molar-refractivity contribution < 1.29 is 9.84 Å². The molecule has 1 N–H and O–H groups in total. The molecule has 2 atom stereocenters. The van der Waals surface area contributed by atoms with Crippen LogP contribution in [0.2, 0.25) is 0 Å². The summed E-state index contributed by atoms with van der Waals surface area (Å²) in [6.07, 6.45) is 4.15. The van der Waals surface area contributed by atoms with Gasteiger partial charge in [-0.25, -0.2) is 5.01 Å². The summed E-state index contributed by atoms with van der Waals surface area (Å²) in [6, 6.07) is 18.7. The van der Waals surface area contributed by atoms with Gasteiger partial charge in [-0.2, -0.15) is 5.10 Å². The lowest BCUT2D eigenvalue weighted by atomic mass is 9.75. The Morgan fingerprint density at radius 3 is 2.59 bits per heavy atom. The molecule has 0 radical (unpaired) electrons. The lowest BCUT2D eigenvalue weighted by Crippen LogP contribution is -2.56. The van der Waals surface area contributed by atoms with Crippen molar-refractivity contribution in [1.29, 1.82) is 0 Å². The second-order valence-corrected chi connectivity index (χ2v) is 8.62. The van der Waals surface area contributed by atoms with Gasteiger partial charge in [0.05, 0.1) is 17.5 Å². The van der Waals surface area contributed by atoms with Crippen LogP contribution in [-0.2, 0) is 0 Å². The third kappa shape index (κ3) is 2.62. The Labute approximate surface area is 159 Å². The number of hydrogen-bond donors (Lipinski definition) is 1. The van der Waals surface area contributed by atoms with Crippen LogP contribution in [0.1, 0.15) is 50.3 Å². The van der Waals surface area contributed by atoms with Gasteiger partial charge >= 0.3 is 0 Å². The number of fused-ring (bicyclic) bond motifs is 4. The van der Waals surface area contributed by atoms with Crippen molar-refractivity contribution in [1.82, 2.24) is 5.01 Å². The fraction of sp³-hybridized carbons (Fsp3) is 0.348. The highest BCUT2D eigenvalue weighted by Gasteiger charge is 2.53. The number of hydrazone groups is 1. The molecule has 0 saturated heterocycles. The second-order valence-electron chi connectivity index (χ2n) is 8.62. The van der Waals surface area contributed by atoms with Crippen molar-refractivity contribution in [2.24, 2.45) is 10.5 Å². The third-order valence-electron chi connectivity index (χ3n) is 5.75. The van der Waals surface area contributed by atoms with Crippen LogP contribution in [0.5, 0.6) is 5.75 Å². The van der Waals surface area contributed by atoms with Crippen LogP contribution in [-0.4, -0.2) is 21.6 Å². The molecule has 5 rings (SSSR count). The van der Waals surface area contributed by atoms with Crippen LogP contribution >= 0.6 is 0 Å². The summed E-state index contributed by atoms with van der Waals surface area (Å²) in [5.74, 6) is 1.28. The maximum absolute atomic E-state index is 10.5. The number of nitrogens with zero attached hydrogens (tertiary/aromatic N) is 2. The van der Waals surface area contributed by atoms with Gasteiger partial charge in [0.15, 0.2) is 0 Å². The molecule has 1 aliphatic carbocycles. The Morgan fingerprint density at radius 2 is 1.81 bits per heavy atom. The van der Waals surface area contributed by atoms with Crippen molar-refractivity contribution in [3.63, 3.8) is 0 Å². The lowest BCUT2D eigenvalue weighted by molar-refractivity contribution is -0.115. The Morgan fingerprint density at radius 1 is 1.07 bits per heavy atom. The van der Waals surface area contributed by atoms with Gasteiger partial charge in [-0.15, -0.1) is 0 Å². The normalized spacial score (nSPS) is 28.1. The first-order valence-corrected chi connectivity index (χ1v) is 9.57. The minimum Gasteiger partial charge on any atom is -0.512 e. The van der Waals surface area contributed by atoms with E-state index in [-0.39, 0.29) is 11.5 Å². The summed E-state index contributed by atoms with van der Waals surface area (Å²) in [5.41, 5.74) is 2.55. The van der Waals surface area contributed by atoms with E-state index in [1.807, 2.05) is 36.4 Å². The SMILES string of the molecule is CC1(C)CC(O)=CC2(C1)Oc1ccccc1C1CC(c3ccccc3)=NN12. The van der Waals surface area contributed by atoms with E-state index in [1.165, 1.54) is 0 Å². The molecule has 1 spiro atoms. The maximum Gasteiger partial charge on any atom is 0.221 e. The molecule has 2 unspecified atom stereocenters. The number of allylic oxidation sites excluding steroid dienone is 1. The van der Waals surface area contributed by atoms with E-state index in [0.29, 0.717) is 12.2 Å². The predicted octanol–water partition coefficient (Wildman–Crippen LogP) is 5.19. The summed E-state index contributed by atoms with van der Waals surface area (Å²) in [5, 5.41) is 17.6. The zero-order valence-electron chi connectivity index (χ0n) is 15.7. The Bertz CT molecular complexity index is 948. The smallest absolute Gasteiger partial charge is 0.221 e. The van der Waals surface area contributed by atoms with Crippen molar-refractivity contribution in [2.45, 2.75) is 44.9 Å². The molecule has 4 nitrogen and oxygen atoms in total. The average Bonchev–Trinajstić information content (AvgIpc) is 3.07. The Balaban J connectivity index is 1.66. The van der Waals surface area contributed by atoms with E-state index < -0.39 is 5.72 Å². The molecule has 2 aliphatic heterocycles. The Kier molecular flexibility index (Phi) is 3.42. The molecule has 0 bridgehead atoms. The van der Waals surface area contributed by atoms with Gasteiger partial charge in [0.25, 0.3) is 0 Å². The maximum atomic E-state index is 10.5. The van der Waals surface area contributed by atoms with Crippen LogP contribution in [0.25, 0.3) is 0 Å². The lowest BCUT2D eigenvalue weighted by Gasteiger charge is -2.50. The van der Waals surface area contributed by atoms with E-state index in [1.54, 1.807) is 0 Å². The minimum absolute atomic E-state index is 0.0688. The molecule has 2 aromatic carbocycles. The van der Waals surface area contributed by atoms with Crippen LogP contribution < -0.4 is 4.74 Å². The molecule has 2 heterocycles. The average molecular weight is 360 g/mol. The summed E-state index contributed by atoms with van der Waals surface area (Å²) >= 11 is 0. The monoisotopic (exact) mass is 360 g/mol. The first-order valence-electron chi connectivity index (χ1n) is 9.57. The third-order valence-corrected chi connectivity index (χ3v) is 5.75. The number of hydrogen-bond acceptors (Lipinski definition) is 4. The van der Waals surface area contributed by atoms with Gasteiger partial charge in [0.2, 0.25) is 5.72 Å². The summed E-state index contributed by atoms with van der Waals surface area (Å²) in [4.78, 5) is 0. The van der Waals surface area contributed by atoms with Crippen molar-refractivity contribution >= 4 is 5.71 Å². The van der Waals surface area contributed by atoms with Crippen LogP contribution in [0.3, 0.4) is 0 Å². The number of aliphatic hydroxyl groups is 1. The van der Waals surface area contributed by atoms with Crippen LogP contribution in [0.4, 0.5) is 0 Å². The zero-order valence-corrected chi connectivity index (χ0v) is 15.7. The van der Waals surface area contributed by atoms with E-state index in [9.17, 15) is 5.11 Å². The second kappa shape index (κ2) is 5.62. The molecule has 3 aliphatic rings. The Hall–Kier alpha value is -2.75. The molecule has 4 heteroatoms. The van der Waals surface area contributed by atoms with Crippen LogP contribution in [0.15, 0.2) is 71.5 Å². The highest BCUT2D eigenvalue weighted by molar-refractivity contribution is 6.02. The molecular weight excluding hydrogens is 336 g/mol. The fourth-order valence-electron chi connectivity index (χ4n) is 4.81. The summed E-state index contributed by atoms with van der Waals surface area (Å²) in [7, 11) is 0. The highest BCUT2D eigenvalue weighted by atomic mass is 16.5. The molecule has 0 amide bonds. The van der Waals surface area contributed by atoms with Crippen molar-refractivity contribution in [3.8, 4) is 5.75 Å². The van der Waals surface area contributed by atoms with Gasteiger partial charge in [-0.3, -0.25) is 0 Å². The molecule has 27 heavy (non-hydrogen) atoms. The minimum atomic E-state index is -0.749. The highest BCUT2D eigenvalue weighted by Crippen LogP contribution is 2.53. The summed E-state index contributed by atoms with van der Waals surface area (Å²) in [6.45, 7) is 4.35. The number of benzene rings is 2. The van der Waals surface area contributed by atoms with Crippen LogP contribution in [0, 0.1) is 5.41 Å². The standard InChI is InChI=1S/C23H24N2O2/c1-22(2)13-17(26)14-23(15-22)25-20(18-10-6-7-11-21(18)27-23)12-19(24-25)16-8-4-3-5-9-16/h3-11,14,20,26H,12-13,15H2,1-2H3. The molecule has 0 saturated carbocycles. The number of para-hydroxylation sites is 1. The number of ether oxygens (including phenoxy) is 1. The summed E-state index contributed by atoms with van der Waals surface area (Å²) < 4.78 is 6.55. The van der Waals surface area contributed by atoms with Gasteiger partial charge in [-0.05, 0) is 17.0 Å². The van der Waals surface area contributed by atoms with Gasteiger partial charge in [-0.1, -0.05) is 62.4 Å². The molecular formula is C23H24N2O2. The van der Waals surface area contributed by atoms with E-state index >= 15 is 0 Å². The number of rotatable bonds is 1. The molecule has 0 fully saturated rings. The predicted molar refractivity (Wildman–Crippen MR) is 106 cm³/mol. The number of aliphatic hydroxyl groups excluding tert-OH is 1. The molecule has 0 aromatic heterocycles. The van der Waals surface area contributed by atoms with E-state index in [2.05, 4.69) is 43.1 Å². The molecule has 138 valence electrons. The van der Waals surface area contributed by atoms with E-state index in [0.717, 1.165) is 35.4 Å². The van der Waals surface area contributed by atoms with Crippen molar-refractivity contribution in [3.05, 3.63) is 77.6 Å². The van der Waals surface area contributed by atoms with Gasteiger partial charge < -0.3 is 9.84 Å².